The quantitative estimate of drug-likeness (QED) is 0.0931. The molecule has 0 radical (unpaired) electrons. The molecule has 3 aromatic rings. The van der Waals surface area contributed by atoms with Crippen LogP contribution >= 0.6 is 0 Å². The van der Waals surface area contributed by atoms with E-state index in [-0.39, 0.29) is 17.3 Å². The Balaban J connectivity index is 1.39. The average molecular weight is 483 g/mol. The van der Waals surface area contributed by atoms with E-state index < -0.39 is 10.9 Å². The standard InChI is InChI=1S/C30H30N2O4/c1-2-3-4-5-6-7-9-22-12-14-24(15-13-22)25-16-18-26(19-17-25)29-31-28(30(33)36-29)21-23-10-8-11-27(20-23)32(34)35/h8,10-21H,2-7,9H2,1H3. The summed E-state index contributed by atoms with van der Waals surface area (Å²) >= 11 is 0. The fraction of sp³-hybridized carbons (Fsp3) is 0.267. The number of benzene rings is 3. The molecule has 0 amide bonds. The van der Waals surface area contributed by atoms with Crippen molar-refractivity contribution in [2.24, 2.45) is 4.99 Å². The maximum Gasteiger partial charge on any atom is 0.363 e. The van der Waals surface area contributed by atoms with Crippen LogP contribution in [0.25, 0.3) is 17.2 Å². The molecule has 36 heavy (non-hydrogen) atoms. The first kappa shape index (κ1) is 25.0. The van der Waals surface area contributed by atoms with Gasteiger partial charge in [-0.15, -0.1) is 0 Å². The maximum atomic E-state index is 12.3. The van der Waals surface area contributed by atoms with Crippen molar-refractivity contribution < 1.29 is 14.5 Å². The third-order valence-electron chi connectivity index (χ3n) is 6.24. The zero-order valence-corrected chi connectivity index (χ0v) is 20.5. The fourth-order valence-electron chi connectivity index (χ4n) is 4.20. The second kappa shape index (κ2) is 12.1. The number of carbonyl (C=O) groups excluding carboxylic acids is 1. The van der Waals surface area contributed by atoms with E-state index in [1.807, 2.05) is 24.3 Å². The highest BCUT2D eigenvalue weighted by Gasteiger charge is 2.24. The molecule has 3 aromatic carbocycles. The molecule has 1 heterocycles. The van der Waals surface area contributed by atoms with Crippen molar-refractivity contribution >= 4 is 23.6 Å². The number of unbranched alkanes of at least 4 members (excludes halogenated alkanes) is 5. The van der Waals surface area contributed by atoms with Crippen LogP contribution in [0.5, 0.6) is 0 Å². The highest BCUT2D eigenvalue weighted by Crippen LogP contribution is 2.25. The average Bonchev–Trinajstić information content (AvgIpc) is 3.26. The summed E-state index contributed by atoms with van der Waals surface area (Å²) in [6.07, 6.45) is 10.4. The van der Waals surface area contributed by atoms with Crippen LogP contribution in [0.1, 0.15) is 62.1 Å². The van der Waals surface area contributed by atoms with Gasteiger partial charge >= 0.3 is 5.97 Å². The zero-order valence-electron chi connectivity index (χ0n) is 20.5. The van der Waals surface area contributed by atoms with Crippen LogP contribution in [0.4, 0.5) is 5.69 Å². The van der Waals surface area contributed by atoms with Gasteiger partial charge < -0.3 is 4.74 Å². The van der Waals surface area contributed by atoms with Gasteiger partial charge in [0.1, 0.15) is 0 Å². The molecule has 0 N–H and O–H groups in total. The molecule has 0 saturated carbocycles. The van der Waals surface area contributed by atoms with Gasteiger partial charge in [0.25, 0.3) is 5.69 Å². The number of rotatable bonds is 11. The number of non-ortho nitro benzene ring substituents is 1. The minimum atomic E-state index is -0.582. The lowest BCUT2D eigenvalue weighted by Crippen LogP contribution is -2.05. The molecular formula is C30H30N2O4. The first-order valence-electron chi connectivity index (χ1n) is 12.5. The molecular weight excluding hydrogens is 452 g/mol. The van der Waals surface area contributed by atoms with Crippen LogP contribution in [0.3, 0.4) is 0 Å². The summed E-state index contributed by atoms with van der Waals surface area (Å²) in [4.78, 5) is 27.1. The van der Waals surface area contributed by atoms with Crippen molar-refractivity contribution in [3.8, 4) is 11.1 Å². The number of cyclic esters (lactones) is 1. The van der Waals surface area contributed by atoms with Gasteiger partial charge in [-0.05, 0) is 53.3 Å². The SMILES string of the molecule is CCCCCCCCc1ccc(-c2ccc(C3=NC(=Cc4cccc([N+](=O)[O-])c4)C(=O)O3)cc2)cc1. The summed E-state index contributed by atoms with van der Waals surface area (Å²) in [5.41, 5.74) is 4.82. The number of nitro groups is 1. The number of esters is 1. The molecule has 0 aromatic heterocycles. The van der Waals surface area contributed by atoms with E-state index >= 15 is 0 Å². The minimum absolute atomic E-state index is 0.0500. The molecule has 0 spiro atoms. The first-order chi connectivity index (χ1) is 17.5. The van der Waals surface area contributed by atoms with Crippen LogP contribution in [-0.2, 0) is 16.0 Å². The number of ether oxygens (including phenoxy) is 1. The van der Waals surface area contributed by atoms with Crippen LogP contribution in [0.15, 0.2) is 83.5 Å². The predicted octanol–water partition coefficient (Wildman–Crippen LogP) is 7.51. The summed E-state index contributed by atoms with van der Waals surface area (Å²) in [5, 5.41) is 11.0. The van der Waals surface area contributed by atoms with Crippen molar-refractivity contribution in [2.75, 3.05) is 0 Å². The summed E-state index contributed by atoms with van der Waals surface area (Å²) in [5.74, 6) is -0.362. The largest absolute Gasteiger partial charge is 0.402 e. The molecule has 0 saturated heterocycles. The van der Waals surface area contributed by atoms with Gasteiger partial charge in [-0.3, -0.25) is 10.1 Å². The third-order valence-corrected chi connectivity index (χ3v) is 6.24. The minimum Gasteiger partial charge on any atom is -0.402 e. The van der Waals surface area contributed by atoms with E-state index in [0.29, 0.717) is 11.1 Å². The summed E-state index contributed by atoms with van der Waals surface area (Å²) in [7, 11) is 0. The Kier molecular flexibility index (Phi) is 8.40. The third kappa shape index (κ3) is 6.54. The van der Waals surface area contributed by atoms with Gasteiger partial charge in [0.15, 0.2) is 5.70 Å². The number of hydrogen-bond donors (Lipinski definition) is 0. The van der Waals surface area contributed by atoms with Crippen molar-refractivity contribution in [3.63, 3.8) is 0 Å². The summed E-state index contributed by atoms with van der Waals surface area (Å²) in [6.45, 7) is 2.24. The Morgan fingerprint density at radius 1 is 0.861 bits per heavy atom. The van der Waals surface area contributed by atoms with Gasteiger partial charge in [0.2, 0.25) is 5.90 Å². The van der Waals surface area contributed by atoms with E-state index in [2.05, 4.69) is 36.2 Å². The van der Waals surface area contributed by atoms with Crippen molar-refractivity contribution in [3.05, 3.63) is 105 Å². The van der Waals surface area contributed by atoms with Crippen LogP contribution in [-0.4, -0.2) is 16.8 Å². The Morgan fingerprint density at radius 3 is 2.19 bits per heavy atom. The normalized spacial score (nSPS) is 14.1. The van der Waals surface area contributed by atoms with Crippen molar-refractivity contribution in [1.29, 1.82) is 0 Å². The Hall–Kier alpha value is -4.06. The lowest BCUT2D eigenvalue weighted by atomic mass is 10.00. The van der Waals surface area contributed by atoms with Gasteiger partial charge in [0, 0.05) is 17.7 Å². The molecule has 4 rings (SSSR count). The number of nitrogens with zero attached hydrogens (tertiary/aromatic N) is 2. The van der Waals surface area contributed by atoms with Gasteiger partial charge in [-0.1, -0.05) is 87.6 Å². The monoisotopic (exact) mass is 482 g/mol. The van der Waals surface area contributed by atoms with Crippen LogP contribution in [0.2, 0.25) is 0 Å². The highest BCUT2D eigenvalue weighted by molar-refractivity contribution is 6.13. The topological polar surface area (TPSA) is 81.8 Å². The Labute approximate surface area is 211 Å². The van der Waals surface area contributed by atoms with Crippen LogP contribution in [0, 0.1) is 10.1 Å². The molecule has 1 aliphatic rings. The summed E-state index contributed by atoms with van der Waals surface area (Å²) < 4.78 is 5.35. The molecule has 0 fully saturated rings. The van der Waals surface area contributed by atoms with E-state index in [4.69, 9.17) is 4.74 Å². The van der Waals surface area contributed by atoms with Gasteiger partial charge in [-0.25, -0.2) is 9.79 Å². The zero-order chi connectivity index (χ0) is 25.3. The van der Waals surface area contributed by atoms with Gasteiger partial charge in [0.05, 0.1) is 4.92 Å². The number of carbonyl (C=O) groups is 1. The Morgan fingerprint density at radius 2 is 1.50 bits per heavy atom. The van der Waals surface area contributed by atoms with E-state index in [1.54, 1.807) is 12.1 Å². The molecule has 184 valence electrons. The lowest BCUT2D eigenvalue weighted by molar-refractivity contribution is -0.384. The molecule has 6 nitrogen and oxygen atoms in total. The number of aryl methyl sites for hydroxylation is 1. The summed E-state index contributed by atoms with van der Waals surface area (Å²) in [6, 6.07) is 22.4. The molecule has 0 aliphatic carbocycles. The molecule has 6 heteroatoms. The Bertz CT molecular complexity index is 1280. The smallest absolute Gasteiger partial charge is 0.363 e. The predicted molar refractivity (Wildman–Crippen MR) is 143 cm³/mol. The lowest BCUT2D eigenvalue weighted by Gasteiger charge is -2.06. The van der Waals surface area contributed by atoms with E-state index in [1.165, 1.54) is 62.3 Å². The molecule has 0 unspecified atom stereocenters. The first-order valence-corrected chi connectivity index (χ1v) is 12.5. The molecule has 1 aliphatic heterocycles. The number of nitro benzene ring substituents is 1. The van der Waals surface area contributed by atoms with E-state index in [0.717, 1.165) is 17.5 Å². The van der Waals surface area contributed by atoms with Crippen molar-refractivity contribution in [2.45, 2.75) is 51.9 Å². The fourth-order valence-corrected chi connectivity index (χ4v) is 4.20. The van der Waals surface area contributed by atoms with E-state index in [9.17, 15) is 14.9 Å². The van der Waals surface area contributed by atoms with Crippen LogP contribution < -0.4 is 0 Å². The number of hydrogen-bond acceptors (Lipinski definition) is 5. The second-order valence-corrected chi connectivity index (χ2v) is 8.98. The maximum absolute atomic E-state index is 12.3. The van der Waals surface area contributed by atoms with Gasteiger partial charge in [-0.2, -0.15) is 0 Å². The molecule has 0 bridgehead atoms. The van der Waals surface area contributed by atoms with Crippen molar-refractivity contribution in [1.82, 2.24) is 0 Å². The highest BCUT2D eigenvalue weighted by atomic mass is 16.6. The second-order valence-electron chi connectivity index (χ2n) is 8.98. The molecule has 0 atom stereocenters. The number of aliphatic imine (C=N–C) groups is 1.